The van der Waals surface area contributed by atoms with Crippen molar-refractivity contribution in [3.05, 3.63) is 112 Å². The fraction of sp³-hybridized carbons (Fsp3) is 0.267. The first-order valence-corrected chi connectivity index (χ1v) is 12.9. The molecule has 5 nitrogen and oxygen atoms in total. The van der Waals surface area contributed by atoms with Gasteiger partial charge in [0, 0.05) is 29.2 Å². The molecule has 5 rings (SSSR count). The van der Waals surface area contributed by atoms with Gasteiger partial charge in [0.05, 0.1) is 6.04 Å². The lowest BCUT2D eigenvalue weighted by molar-refractivity contribution is -0.149. The maximum Gasteiger partial charge on any atom is 0.289 e. The van der Waals surface area contributed by atoms with Gasteiger partial charge < -0.3 is 15.0 Å². The lowest BCUT2D eigenvalue weighted by Crippen LogP contribution is -2.54. The molecule has 0 aromatic heterocycles. The number of hydrogen-bond donors (Lipinski definition) is 1. The molecule has 1 saturated heterocycles. The standard InChI is InChI=1S/C30H28ClFN2O3/c31-24-9-3-1-7-22(24)18-33-29(35)21-15-13-20(14-16-21)17-28-30(36)34(19-23-8-2-4-10-25(23)32)26-11-5-6-12-27(26)37-28/h1-4,7-10,13-17,26-27H,5-6,11-12,18-19H2,(H,33,35)/b28-17-. The highest BCUT2D eigenvalue weighted by Crippen LogP contribution is 2.34. The lowest BCUT2D eigenvalue weighted by Gasteiger charge is -2.44. The zero-order valence-corrected chi connectivity index (χ0v) is 21.1. The van der Waals surface area contributed by atoms with Gasteiger partial charge in [-0.3, -0.25) is 9.59 Å². The predicted molar refractivity (Wildman–Crippen MR) is 141 cm³/mol. The molecule has 1 heterocycles. The monoisotopic (exact) mass is 518 g/mol. The highest BCUT2D eigenvalue weighted by molar-refractivity contribution is 6.31. The van der Waals surface area contributed by atoms with Crippen LogP contribution in [0.1, 0.15) is 52.7 Å². The average molecular weight is 519 g/mol. The first kappa shape index (κ1) is 25.0. The van der Waals surface area contributed by atoms with E-state index in [9.17, 15) is 14.0 Å². The molecule has 190 valence electrons. The maximum atomic E-state index is 14.4. The van der Waals surface area contributed by atoms with Crippen LogP contribution >= 0.6 is 11.6 Å². The van der Waals surface area contributed by atoms with Crippen LogP contribution in [-0.2, 0) is 22.6 Å². The van der Waals surface area contributed by atoms with E-state index in [0.717, 1.165) is 36.8 Å². The number of rotatable bonds is 6. The van der Waals surface area contributed by atoms with Gasteiger partial charge in [0.15, 0.2) is 5.76 Å². The molecule has 0 bridgehead atoms. The molecule has 3 aromatic rings. The molecule has 0 radical (unpaired) electrons. The molecule has 1 N–H and O–H groups in total. The van der Waals surface area contributed by atoms with Gasteiger partial charge in [-0.1, -0.05) is 66.6 Å². The smallest absolute Gasteiger partial charge is 0.289 e. The Labute approximate surface area is 220 Å². The number of nitrogens with one attached hydrogen (secondary N) is 1. The van der Waals surface area contributed by atoms with Crippen LogP contribution in [0.25, 0.3) is 6.08 Å². The maximum absolute atomic E-state index is 14.4. The van der Waals surface area contributed by atoms with Crippen molar-refractivity contribution in [3.63, 3.8) is 0 Å². The van der Waals surface area contributed by atoms with Gasteiger partial charge in [0.2, 0.25) is 0 Å². The summed E-state index contributed by atoms with van der Waals surface area (Å²) in [5, 5.41) is 3.48. The van der Waals surface area contributed by atoms with E-state index in [1.807, 2.05) is 18.2 Å². The topological polar surface area (TPSA) is 58.6 Å². The van der Waals surface area contributed by atoms with E-state index < -0.39 is 0 Å². The second kappa shape index (κ2) is 11.2. The van der Waals surface area contributed by atoms with Gasteiger partial charge in [-0.2, -0.15) is 0 Å². The number of benzene rings is 3. The highest BCUT2D eigenvalue weighted by Gasteiger charge is 2.41. The fourth-order valence-electron chi connectivity index (χ4n) is 4.97. The van der Waals surface area contributed by atoms with Crippen LogP contribution in [0.15, 0.2) is 78.6 Å². The average Bonchev–Trinajstić information content (AvgIpc) is 2.92. The number of amides is 2. The quantitative estimate of drug-likeness (QED) is 0.400. The molecule has 1 aliphatic carbocycles. The van der Waals surface area contributed by atoms with Gasteiger partial charge in [-0.25, -0.2) is 4.39 Å². The second-order valence-electron chi connectivity index (χ2n) is 9.44. The van der Waals surface area contributed by atoms with Crippen LogP contribution < -0.4 is 5.32 Å². The summed E-state index contributed by atoms with van der Waals surface area (Å²) in [6.07, 6.45) is 5.34. The zero-order valence-electron chi connectivity index (χ0n) is 20.3. The summed E-state index contributed by atoms with van der Waals surface area (Å²) in [6.45, 7) is 0.533. The van der Waals surface area contributed by atoms with E-state index in [1.54, 1.807) is 59.5 Å². The summed E-state index contributed by atoms with van der Waals surface area (Å²) >= 11 is 6.17. The molecule has 2 unspecified atom stereocenters. The summed E-state index contributed by atoms with van der Waals surface area (Å²) in [7, 11) is 0. The van der Waals surface area contributed by atoms with Gasteiger partial charge in [0.1, 0.15) is 11.9 Å². The molecule has 2 fully saturated rings. The fourth-order valence-corrected chi connectivity index (χ4v) is 5.18. The number of halogens is 2. The first-order chi connectivity index (χ1) is 18.0. The van der Waals surface area contributed by atoms with Crippen molar-refractivity contribution >= 4 is 29.5 Å². The van der Waals surface area contributed by atoms with Crippen molar-refractivity contribution in [2.75, 3.05) is 0 Å². The molecule has 2 atom stereocenters. The van der Waals surface area contributed by atoms with Crippen molar-refractivity contribution in [1.29, 1.82) is 0 Å². The molecule has 7 heteroatoms. The van der Waals surface area contributed by atoms with Crippen LogP contribution in [0.5, 0.6) is 0 Å². The summed E-state index contributed by atoms with van der Waals surface area (Å²) < 4.78 is 20.6. The SMILES string of the molecule is O=C(NCc1ccccc1Cl)c1ccc(/C=C2\OC3CCCCC3N(Cc3ccccc3F)C2=O)cc1. The van der Waals surface area contributed by atoms with Crippen LogP contribution in [0.4, 0.5) is 4.39 Å². The molecule has 2 amide bonds. The lowest BCUT2D eigenvalue weighted by atomic mass is 9.89. The van der Waals surface area contributed by atoms with E-state index in [2.05, 4.69) is 5.32 Å². The largest absolute Gasteiger partial charge is 0.482 e. The van der Waals surface area contributed by atoms with E-state index in [1.165, 1.54) is 6.07 Å². The van der Waals surface area contributed by atoms with Crippen molar-refractivity contribution in [3.8, 4) is 0 Å². The Bertz CT molecular complexity index is 1320. The van der Waals surface area contributed by atoms with Crippen molar-refractivity contribution in [2.45, 2.75) is 50.9 Å². The Balaban J connectivity index is 1.31. The minimum atomic E-state index is -0.317. The number of nitrogens with zero attached hydrogens (tertiary/aromatic N) is 1. The molecule has 1 saturated carbocycles. The third-order valence-corrected chi connectivity index (χ3v) is 7.35. The summed E-state index contributed by atoms with van der Waals surface area (Å²) in [5.74, 6) is -0.531. The van der Waals surface area contributed by atoms with E-state index >= 15 is 0 Å². The van der Waals surface area contributed by atoms with Gasteiger partial charge in [-0.15, -0.1) is 0 Å². The van der Waals surface area contributed by atoms with Crippen LogP contribution in [0.3, 0.4) is 0 Å². The first-order valence-electron chi connectivity index (χ1n) is 12.5. The summed E-state index contributed by atoms with van der Waals surface area (Å²) in [4.78, 5) is 27.8. The molecule has 0 spiro atoms. The van der Waals surface area contributed by atoms with E-state index in [0.29, 0.717) is 22.7 Å². The molecular weight excluding hydrogens is 491 g/mol. The Morgan fingerprint density at radius 3 is 2.46 bits per heavy atom. The number of ether oxygens (including phenoxy) is 1. The predicted octanol–water partition coefficient (Wildman–Crippen LogP) is 6.12. The second-order valence-corrected chi connectivity index (χ2v) is 9.84. The Kier molecular flexibility index (Phi) is 7.56. The number of morpholine rings is 1. The Morgan fingerprint density at radius 2 is 1.70 bits per heavy atom. The van der Waals surface area contributed by atoms with Gasteiger partial charge >= 0.3 is 0 Å². The van der Waals surface area contributed by atoms with E-state index in [-0.39, 0.29) is 42.1 Å². The normalized spacial score (nSPS) is 20.3. The minimum Gasteiger partial charge on any atom is -0.482 e. The van der Waals surface area contributed by atoms with Crippen LogP contribution in [0, 0.1) is 5.82 Å². The molecular formula is C30H28ClFN2O3. The zero-order chi connectivity index (χ0) is 25.8. The molecule has 37 heavy (non-hydrogen) atoms. The summed E-state index contributed by atoms with van der Waals surface area (Å²) in [5.41, 5.74) is 2.58. The van der Waals surface area contributed by atoms with Crippen molar-refractivity contribution in [2.24, 2.45) is 0 Å². The number of hydrogen-bond acceptors (Lipinski definition) is 3. The Hall–Kier alpha value is -3.64. The Morgan fingerprint density at radius 1 is 1.00 bits per heavy atom. The molecule has 1 aliphatic heterocycles. The molecule has 3 aromatic carbocycles. The summed E-state index contributed by atoms with van der Waals surface area (Å²) in [6, 6.07) is 20.8. The third-order valence-electron chi connectivity index (χ3n) is 6.98. The van der Waals surface area contributed by atoms with Crippen LogP contribution in [0.2, 0.25) is 5.02 Å². The van der Waals surface area contributed by atoms with Gasteiger partial charge in [0.25, 0.3) is 11.8 Å². The number of carbonyl (C=O) groups excluding carboxylic acids is 2. The van der Waals surface area contributed by atoms with Crippen molar-refractivity contribution in [1.82, 2.24) is 10.2 Å². The number of fused-ring (bicyclic) bond motifs is 1. The molecule has 2 aliphatic rings. The van der Waals surface area contributed by atoms with Crippen LogP contribution in [-0.4, -0.2) is 28.9 Å². The van der Waals surface area contributed by atoms with E-state index in [4.69, 9.17) is 16.3 Å². The number of carbonyl (C=O) groups is 2. The minimum absolute atomic E-state index is 0.0674. The van der Waals surface area contributed by atoms with Crippen molar-refractivity contribution < 1.29 is 18.7 Å². The van der Waals surface area contributed by atoms with Gasteiger partial charge in [-0.05, 0) is 60.7 Å². The third kappa shape index (κ3) is 5.70. The highest BCUT2D eigenvalue weighted by atomic mass is 35.5.